The molecule has 1 aliphatic rings. The Morgan fingerprint density at radius 1 is 1.07 bits per heavy atom. The fourth-order valence-corrected chi connectivity index (χ4v) is 3.45. The number of methoxy groups -OCH3 is 1. The first-order valence-corrected chi connectivity index (χ1v) is 9.33. The molecule has 2 aromatic carbocycles. The Hall–Kier alpha value is -2.83. The van der Waals surface area contributed by atoms with Gasteiger partial charge in [0.05, 0.1) is 24.4 Å². The number of nitrogens with zero attached hydrogens (tertiary/aromatic N) is 2. The van der Waals surface area contributed by atoms with E-state index in [2.05, 4.69) is 11.0 Å². The molecule has 6 heteroatoms. The number of pyridine rings is 1. The predicted octanol–water partition coefficient (Wildman–Crippen LogP) is 3.36. The van der Waals surface area contributed by atoms with Crippen LogP contribution >= 0.6 is 0 Å². The summed E-state index contributed by atoms with van der Waals surface area (Å²) in [4.78, 5) is 6.95. The highest BCUT2D eigenvalue weighted by molar-refractivity contribution is 5.80. The van der Waals surface area contributed by atoms with Gasteiger partial charge in [0.15, 0.2) is 11.5 Å². The van der Waals surface area contributed by atoms with Crippen molar-refractivity contribution in [3.05, 3.63) is 59.8 Å². The quantitative estimate of drug-likeness (QED) is 0.678. The summed E-state index contributed by atoms with van der Waals surface area (Å²) in [6.45, 7) is 3.94. The number of hydrogen-bond donors (Lipinski definition) is 1. The number of fused-ring (bicyclic) bond motifs is 2. The number of hydrogen-bond acceptors (Lipinski definition) is 6. The van der Waals surface area contributed by atoms with E-state index in [1.54, 1.807) is 14.0 Å². The lowest BCUT2D eigenvalue weighted by Gasteiger charge is -2.23. The predicted molar refractivity (Wildman–Crippen MR) is 107 cm³/mol. The van der Waals surface area contributed by atoms with Gasteiger partial charge in [0, 0.05) is 25.0 Å². The van der Waals surface area contributed by atoms with Crippen LogP contribution in [-0.4, -0.2) is 41.5 Å². The Labute approximate surface area is 164 Å². The molecule has 0 amide bonds. The smallest absolute Gasteiger partial charge is 0.231 e. The van der Waals surface area contributed by atoms with Gasteiger partial charge in [-0.1, -0.05) is 12.1 Å². The van der Waals surface area contributed by atoms with Crippen LogP contribution in [-0.2, 0) is 13.1 Å². The number of aliphatic hydroxyl groups excluding tert-OH is 1. The van der Waals surface area contributed by atoms with Crippen molar-refractivity contribution in [3.8, 4) is 17.2 Å². The van der Waals surface area contributed by atoms with Crippen molar-refractivity contribution in [1.29, 1.82) is 0 Å². The molecule has 1 unspecified atom stereocenters. The van der Waals surface area contributed by atoms with Crippen molar-refractivity contribution in [1.82, 2.24) is 9.88 Å². The summed E-state index contributed by atoms with van der Waals surface area (Å²) in [5.41, 5.74) is 2.99. The standard InChI is InChI=1S/C22H24N2O4/c1-15(25)11-24(12-16-3-8-21-22(9-16)28-14-27-21)13-18-5-4-17-10-19(26-2)6-7-20(17)23-18/h3-10,15,25H,11-14H2,1-2H3. The molecule has 28 heavy (non-hydrogen) atoms. The van der Waals surface area contributed by atoms with Crippen LogP contribution in [0.25, 0.3) is 10.9 Å². The molecule has 146 valence electrons. The normalized spacial score (nSPS) is 13.9. The minimum absolute atomic E-state index is 0.266. The van der Waals surface area contributed by atoms with E-state index in [4.69, 9.17) is 19.2 Å². The van der Waals surface area contributed by atoms with Crippen molar-refractivity contribution in [3.63, 3.8) is 0 Å². The SMILES string of the molecule is COc1ccc2nc(CN(Cc3ccc4c(c3)OCO4)CC(C)O)ccc2c1. The molecule has 3 aromatic rings. The third-order valence-electron chi connectivity index (χ3n) is 4.71. The first kappa shape index (κ1) is 18.5. The van der Waals surface area contributed by atoms with E-state index < -0.39 is 6.10 Å². The number of rotatable bonds is 7. The second-order valence-corrected chi connectivity index (χ2v) is 7.07. The molecule has 6 nitrogen and oxygen atoms in total. The topological polar surface area (TPSA) is 64.1 Å². The van der Waals surface area contributed by atoms with Gasteiger partial charge < -0.3 is 19.3 Å². The summed E-state index contributed by atoms with van der Waals surface area (Å²) in [5, 5.41) is 11.0. The van der Waals surface area contributed by atoms with Gasteiger partial charge in [-0.15, -0.1) is 0 Å². The zero-order chi connectivity index (χ0) is 19.5. The third kappa shape index (κ3) is 4.18. The molecule has 2 heterocycles. The second-order valence-electron chi connectivity index (χ2n) is 7.07. The lowest BCUT2D eigenvalue weighted by atomic mass is 10.1. The zero-order valence-electron chi connectivity index (χ0n) is 16.1. The Morgan fingerprint density at radius 2 is 1.93 bits per heavy atom. The Morgan fingerprint density at radius 3 is 2.75 bits per heavy atom. The molecule has 0 saturated heterocycles. The molecular formula is C22H24N2O4. The molecule has 4 rings (SSSR count). The largest absolute Gasteiger partial charge is 0.497 e. The molecule has 0 spiro atoms. The molecule has 0 saturated carbocycles. The van der Waals surface area contributed by atoms with Crippen LogP contribution in [0.5, 0.6) is 17.2 Å². The number of benzene rings is 2. The maximum absolute atomic E-state index is 9.94. The van der Waals surface area contributed by atoms with Crippen molar-refractivity contribution < 1.29 is 19.3 Å². The third-order valence-corrected chi connectivity index (χ3v) is 4.71. The Bertz CT molecular complexity index is 974. The van der Waals surface area contributed by atoms with Crippen LogP contribution in [0, 0.1) is 0 Å². The van der Waals surface area contributed by atoms with Gasteiger partial charge in [0.1, 0.15) is 5.75 Å². The minimum atomic E-state index is -0.432. The first-order valence-electron chi connectivity index (χ1n) is 9.33. The van der Waals surface area contributed by atoms with Crippen LogP contribution in [0.1, 0.15) is 18.2 Å². The van der Waals surface area contributed by atoms with Gasteiger partial charge in [-0.3, -0.25) is 9.88 Å². The van der Waals surface area contributed by atoms with Crippen molar-refractivity contribution in [2.24, 2.45) is 0 Å². The van der Waals surface area contributed by atoms with Crippen molar-refractivity contribution in [2.75, 3.05) is 20.4 Å². The molecule has 0 aliphatic carbocycles. The van der Waals surface area contributed by atoms with Crippen molar-refractivity contribution >= 4 is 10.9 Å². The van der Waals surface area contributed by atoms with E-state index in [1.165, 1.54) is 0 Å². The number of ether oxygens (including phenoxy) is 3. The van der Waals surface area contributed by atoms with Gasteiger partial charge in [0.25, 0.3) is 0 Å². The van der Waals surface area contributed by atoms with Crippen LogP contribution in [0.3, 0.4) is 0 Å². The highest BCUT2D eigenvalue weighted by Crippen LogP contribution is 2.33. The average Bonchev–Trinajstić information content (AvgIpc) is 3.15. The highest BCUT2D eigenvalue weighted by atomic mass is 16.7. The molecule has 1 aromatic heterocycles. The molecule has 0 radical (unpaired) electrons. The minimum Gasteiger partial charge on any atom is -0.497 e. The van der Waals surface area contributed by atoms with Crippen LogP contribution in [0.15, 0.2) is 48.5 Å². The summed E-state index contributed by atoms with van der Waals surface area (Å²) in [6, 6.07) is 15.9. The lowest BCUT2D eigenvalue weighted by Crippen LogP contribution is -2.30. The summed E-state index contributed by atoms with van der Waals surface area (Å²) in [5.74, 6) is 2.37. The highest BCUT2D eigenvalue weighted by Gasteiger charge is 2.16. The molecule has 1 atom stereocenters. The van der Waals surface area contributed by atoms with Gasteiger partial charge in [0.2, 0.25) is 6.79 Å². The monoisotopic (exact) mass is 380 g/mol. The van der Waals surface area contributed by atoms with E-state index in [-0.39, 0.29) is 6.79 Å². The number of aromatic nitrogens is 1. The Kier molecular flexibility index (Phi) is 5.32. The molecule has 0 bridgehead atoms. The first-order chi connectivity index (χ1) is 13.6. The molecular weight excluding hydrogens is 356 g/mol. The summed E-state index contributed by atoms with van der Waals surface area (Å²) in [6.07, 6.45) is -0.432. The maximum Gasteiger partial charge on any atom is 0.231 e. The van der Waals surface area contributed by atoms with Gasteiger partial charge in [-0.25, -0.2) is 0 Å². The van der Waals surface area contributed by atoms with Gasteiger partial charge >= 0.3 is 0 Å². The zero-order valence-corrected chi connectivity index (χ0v) is 16.1. The summed E-state index contributed by atoms with van der Waals surface area (Å²) in [7, 11) is 1.66. The van der Waals surface area contributed by atoms with Crippen LogP contribution in [0.2, 0.25) is 0 Å². The average molecular weight is 380 g/mol. The van der Waals surface area contributed by atoms with Gasteiger partial charge in [-0.2, -0.15) is 0 Å². The maximum atomic E-state index is 9.94. The Balaban J connectivity index is 1.53. The van der Waals surface area contributed by atoms with Gasteiger partial charge in [-0.05, 0) is 48.9 Å². The molecule has 1 aliphatic heterocycles. The number of aliphatic hydroxyl groups is 1. The fourth-order valence-electron chi connectivity index (χ4n) is 3.45. The molecule has 1 N–H and O–H groups in total. The van der Waals surface area contributed by atoms with Crippen LogP contribution < -0.4 is 14.2 Å². The van der Waals surface area contributed by atoms with E-state index in [9.17, 15) is 5.11 Å². The second kappa shape index (κ2) is 8.04. The van der Waals surface area contributed by atoms with E-state index in [0.717, 1.165) is 39.4 Å². The fraction of sp³-hybridized carbons (Fsp3) is 0.318. The van der Waals surface area contributed by atoms with Crippen molar-refractivity contribution in [2.45, 2.75) is 26.1 Å². The summed E-state index contributed by atoms with van der Waals surface area (Å²) >= 11 is 0. The molecule has 0 fully saturated rings. The van der Waals surface area contributed by atoms with E-state index in [0.29, 0.717) is 19.6 Å². The van der Waals surface area contributed by atoms with E-state index in [1.807, 2.05) is 42.5 Å². The van der Waals surface area contributed by atoms with Crippen LogP contribution in [0.4, 0.5) is 0 Å². The lowest BCUT2D eigenvalue weighted by molar-refractivity contribution is 0.117. The van der Waals surface area contributed by atoms with E-state index >= 15 is 0 Å². The summed E-state index contributed by atoms with van der Waals surface area (Å²) < 4.78 is 16.1.